The lowest BCUT2D eigenvalue weighted by Crippen LogP contribution is -2.23. The fourth-order valence-electron chi connectivity index (χ4n) is 4.54. The van der Waals surface area contributed by atoms with Gasteiger partial charge >= 0.3 is 0 Å². The minimum absolute atomic E-state index is 0.0239. The molecule has 2 aliphatic rings. The highest BCUT2D eigenvalue weighted by atomic mass is 16.6. The third-order valence-electron chi connectivity index (χ3n) is 6.14. The molecule has 2 atom stereocenters. The Hall–Kier alpha value is -3.42. The van der Waals surface area contributed by atoms with E-state index in [0.29, 0.717) is 37.5 Å². The molecule has 0 amide bonds. The van der Waals surface area contributed by atoms with Crippen LogP contribution in [0.15, 0.2) is 57.2 Å². The van der Waals surface area contributed by atoms with Crippen LogP contribution in [0.1, 0.15) is 76.3 Å². The number of aliphatic hydroxyl groups is 2. The first-order valence-corrected chi connectivity index (χ1v) is 11.6. The van der Waals surface area contributed by atoms with Crippen LogP contribution in [0.3, 0.4) is 0 Å². The molecular weight excluding hydrogens is 436 g/mol. The first kappa shape index (κ1) is 25.2. The molecule has 3 rings (SSSR count). The second-order valence-electron chi connectivity index (χ2n) is 8.56. The van der Waals surface area contributed by atoms with Gasteiger partial charge in [-0.25, -0.2) is 0 Å². The normalized spacial score (nSPS) is 22.4. The maximum Gasteiger partial charge on any atom is 0.168 e. The molecule has 2 N–H and O–H groups in total. The molecule has 182 valence electrons. The van der Waals surface area contributed by atoms with Gasteiger partial charge in [-0.05, 0) is 50.7 Å². The molecule has 0 heterocycles. The van der Waals surface area contributed by atoms with Gasteiger partial charge < -0.3 is 19.9 Å². The van der Waals surface area contributed by atoms with E-state index >= 15 is 0 Å². The Kier molecular flexibility index (Phi) is 8.26. The number of carbonyl (C=O) groups is 2. The Balaban J connectivity index is 1.74. The van der Waals surface area contributed by atoms with Crippen molar-refractivity contribution in [3.63, 3.8) is 0 Å². The molecule has 1 aromatic carbocycles. The average molecular weight is 469 g/mol. The number of allylic oxidation sites excluding steroid dienone is 4. The van der Waals surface area contributed by atoms with E-state index in [0.717, 1.165) is 11.1 Å². The van der Waals surface area contributed by atoms with E-state index < -0.39 is 0 Å². The predicted molar refractivity (Wildman–Crippen MR) is 129 cm³/mol. The number of aliphatic hydroxyl groups excluding tert-OH is 2. The summed E-state index contributed by atoms with van der Waals surface area (Å²) >= 11 is 0. The van der Waals surface area contributed by atoms with Crippen molar-refractivity contribution in [1.82, 2.24) is 0 Å². The third-order valence-corrected chi connectivity index (χ3v) is 6.14. The summed E-state index contributed by atoms with van der Waals surface area (Å²) in [6.45, 7) is 7.67. The zero-order chi connectivity index (χ0) is 24.8. The molecule has 0 aromatic heterocycles. The summed E-state index contributed by atoms with van der Waals surface area (Å²) in [4.78, 5) is 35.4. The van der Waals surface area contributed by atoms with Crippen LogP contribution in [0, 0.1) is 0 Å². The lowest BCUT2D eigenvalue weighted by molar-refractivity contribution is -0.117. The highest BCUT2D eigenvalue weighted by Gasteiger charge is 2.32. The van der Waals surface area contributed by atoms with Crippen molar-refractivity contribution in [2.24, 2.45) is 10.3 Å². The van der Waals surface area contributed by atoms with Gasteiger partial charge in [-0.1, -0.05) is 34.6 Å². The molecule has 2 aliphatic carbocycles. The fraction of sp³-hybridized carbons (Fsp3) is 0.462. The number of carbonyl (C=O) groups excluding carboxylic acids is 2. The van der Waals surface area contributed by atoms with E-state index in [1.807, 2.05) is 24.3 Å². The zero-order valence-electron chi connectivity index (χ0n) is 20.1. The number of ketones is 2. The van der Waals surface area contributed by atoms with Crippen molar-refractivity contribution < 1.29 is 29.5 Å². The first-order valence-electron chi connectivity index (χ1n) is 11.6. The van der Waals surface area contributed by atoms with Gasteiger partial charge in [0, 0.05) is 25.7 Å². The van der Waals surface area contributed by atoms with E-state index in [2.05, 4.69) is 10.3 Å². The van der Waals surface area contributed by atoms with E-state index in [9.17, 15) is 19.8 Å². The molecule has 0 bridgehead atoms. The molecule has 8 heteroatoms. The van der Waals surface area contributed by atoms with Crippen molar-refractivity contribution in [1.29, 1.82) is 0 Å². The smallest absolute Gasteiger partial charge is 0.168 e. The van der Waals surface area contributed by atoms with Gasteiger partial charge in [-0.15, -0.1) is 0 Å². The standard InChI is InChI=1S/C26H32N2O6/c1-5-33-27-15(3)25-21(29)11-19(12-22(25)30)17-7-9-18(10-8-17)20-13-23(31)26(24(32)14-20)16(4)28-34-6-2/h7-10,19-20,29,31H,5-6,11-14H2,1-4H3/b27-15+,28-16+. The number of hydrogen-bond donors (Lipinski definition) is 2. The van der Waals surface area contributed by atoms with E-state index in [1.54, 1.807) is 27.7 Å². The van der Waals surface area contributed by atoms with Crippen LogP contribution in [0.4, 0.5) is 0 Å². The predicted octanol–water partition coefficient (Wildman–Crippen LogP) is 5.03. The molecule has 0 fully saturated rings. The van der Waals surface area contributed by atoms with Gasteiger partial charge in [-0.3, -0.25) is 9.59 Å². The molecule has 0 radical (unpaired) electrons. The van der Waals surface area contributed by atoms with Crippen molar-refractivity contribution in [2.45, 2.75) is 65.2 Å². The molecule has 0 saturated carbocycles. The maximum absolute atomic E-state index is 12.7. The van der Waals surface area contributed by atoms with E-state index in [1.165, 1.54) is 0 Å². The Morgan fingerprint density at radius 1 is 0.765 bits per heavy atom. The van der Waals surface area contributed by atoms with Crippen LogP contribution >= 0.6 is 0 Å². The molecule has 0 saturated heterocycles. The monoisotopic (exact) mass is 468 g/mol. The molecule has 2 unspecified atom stereocenters. The minimum Gasteiger partial charge on any atom is -0.511 e. The summed E-state index contributed by atoms with van der Waals surface area (Å²) < 4.78 is 0. The van der Waals surface area contributed by atoms with Gasteiger partial charge in [0.15, 0.2) is 11.6 Å². The Morgan fingerprint density at radius 2 is 1.12 bits per heavy atom. The summed E-state index contributed by atoms with van der Waals surface area (Å²) in [5.74, 6) is -0.565. The van der Waals surface area contributed by atoms with Gasteiger partial charge in [0.2, 0.25) is 0 Å². The van der Waals surface area contributed by atoms with Crippen molar-refractivity contribution in [2.75, 3.05) is 13.2 Å². The third kappa shape index (κ3) is 5.55. The van der Waals surface area contributed by atoms with Crippen LogP contribution in [0.2, 0.25) is 0 Å². The van der Waals surface area contributed by atoms with E-state index in [4.69, 9.17) is 9.68 Å². The van der Waals surface area contributed by atoms with Gasteiger partial charge in [0.25, 0.3) is 0 Å². The van der Waals surface area contributed by atoms with Crippen molar-refractivity contribution in [3.8, 4) is 0 Å². The van der Waals surface area contributed by atoms with Crippen LogP contribution in [0.25, 0.3) is 0 Å². The Morgan fingerprint density at radius 3 is 1.41 bits per heavy atom. The van der Waals surface area contributed by atoms with Crippen LogP contribution < -0.4 is 0 Å². The lowest BCUT2D eigenvalue weighted by atomic mass is 9.79. The largest absolute Gasteiger partial charge is 0.511 e. The van der Waals surface area contributed by atoms with Crippen molar-refractivity contribution in [3.05, 3.63) is 58.1 Å². The first-order chi connectivity index (χ1) is 16.3. The summed E-state index contributed by atoms with van der Waals surface area (Å²) in [6, 6.07) is 7.70. The molecule has 34 heavy (non-hydrogen) atoms. The number of nitrogens with zero attached hydrogens (tertiary/aromatic N) is 2. The van der Waals surface area contributed by atoms with Crippen LogP contribution in [0.5, 0.6) is 0 Å². The van der Waals surface area contributed by atoms with Crippen molar-refractivity contribution >= 4 is 23.0 Å². The highest BCUT2D eigenvalue weighted by Crippen LogP contribution is 2.37. The molecule has 0 spiro atoms. The number of Topliss-reactive ketones (excluding diaryl/α,β-unsaturated/α-hetero) is 2. The summed E-state index contributed by atoms with van der Waals surface area (Å²) in [6.07, 6.45) is 1.22. The Bertz CT molecular complexity index is 980. The van der Waals surface area contributed by atoms with E-state index in [-0.39, 0.29) is 58.9 Å². The summed E-state index contributed by atoms with van der Waals surface area (Å²) in [5.41, 5.74) is 3.11. The second-order valence-corrected chi connectivity index (χ2v) is 8.56. The summed E-state index contributed by atoms with van der Waals surface area (Å²) in [5, 5.41) is 28.8. The van der Waals surface area contributed by atoms with Gasteiger partial charge in [0.1, 0.15) is 24.7 Å². The topological polar surface area (TPSA) is 118 Å². The number of rotatable bonds is 8. The SMILES string of the molecule is CCO/N=C(\C)C1=C(O)CC(c2ccc(C3CC(=O)C(/C(C)=N/OCC)=C(O)C3)cc2)CC1=O. The molecule has 1 aromatic rings. The minimum atomic E-state index is -0.164. The van der Waals surface area contributed by atoms with Gasteiger partial charge in [0.05, 0.1) is 22.6 Å². The molecule has 8 nitrogen and oxygen atoms in total. The Labute approximate surface area is 199 Å². The fourth-order valence-corrected chi connectivity index (χ4v) is 4.54. The second kappa shape index (κ2) is 11.1. The van der Waals surface area contributed by atoms with Crippen LogP contribution in [-0.2, 0) is 19.3 Å². The number of benzene rings is 1. The van der Waals surface area contributed by atoms with Crippen LogP contribution in [-0.4, -0.2) is 46.4 Å². The molecular formula is C26H32N2O6. The summed E-state index contributed by atoms with van der Waals surface area (Å²) in [7, 11) is 0. The lowest BCUT2D eigenvalue weighted by Gasteiger charge is -2.26. The zero-order valence-corrected chi connectivity index (χ0v) is 20.1. The number of hydrogen-bond acceptors (Lipinski definition) is 8. The molecule has 0 aliphatic heterocycles. The van der Waals surface area contributed by atoms with Gasteiger partial charge in [-0.2, -0.15) is 0 Å². The number of oxime groups is 2. The quantitative estimate of drug-likeness (QED) is 0.408. The average Bonchev–Trinajstić information content (AvgIpc) is 2.80. The maximum atomic E-state index is 12.7. The highest BCUT2D eigenvalue weighted by molar-refractivity contribution is 6.23.